The molecule has 0 amide bonds. The van der Waals surface area contributed by atoms with Gasteiger partial charge in [-0.3, -0.25) is 9.80 Å². The van der Waals surface area contributed by atoms with Crippen LogP contribution < -0.4 is 0 Å². The topological polar surface area (TPSA) is 50.1 Å². The summed E-state index contributed by atoms with van der Waals surface area (Å²) in [7, 11) is 0. The fourth-order valence-electron chi connectivity index (χ4n) is 5.10. The van der Waals surface area contributed by atoms with Crippen LogP contribution in [0.5, 0.6) is 0 Å². The lowest BCUT2D eigenvalue weighted by atomic mass is 9.93. The fourth-order valence-corrected chi connectivity index (χ4v) is 5.10. The number of aryl methyl sites for hydroxylation is 2. The van der Waals surface area contributed by atoms with Crippen LogP contribution in [0.1, 0.15) is 69.3 Å². The van der Waals surface area contributed by atoms with Crippen molar-refractivity contribution in [3.63, 3.8) is 0 Å². The molecule has 1 saturated carbocycles. The zero-order valence-electron chi connectivity index (χ0n) is 17.9. The molecule has 0 radical (unpaired) electrons. The van der Waals surface area contributed by atoms with Gasteiger partial charge in [-0.1, -0.05) is 62.9 Å². The molecule has 0 unspecified atom stereocenters. The van der Waals surface area contributed by atoms with Crippen molar-refractivity contribution in [3.8, 4) is 0 Å². The quantitative estimate of drug-likeness (QED) is 0.681. The first-order valence-electron chi connectivity index (χ1n) is 11.6. The van der Waals surface area contributed by atoms with Crippen molar-refractivity contribution >= 4 is 0 Å². The van der Waals surface area contributed by atoms with Gasteiger partial charge in [0.2, 0.25) is 0 Å². The minimum Gasteiger partial charge on any atom is -0.298 e. The lowest BCUT2D eigenvalue weighted by Gasteiger charge is -2.43. The predicted octanol–water partition coefficient (Wildman–Crippen LogP) is 3.71. The highest BCUT2D eigenvalue weighted by Crippen LogP contribution is 2.28. The average Bonchev–Trinajstić information content (AvgIpc) is 3.26. The summed E-state index contributed by atoms with van der Waals surface area (Å²) >= 11 is 0. The van der Waals surface area contributed by atoms with E-state index >= 15 is 0 Å². The monoisotopic (exact) mass is 396 g/mol. The normalized spacial score (nSPS) is 20.7. The van der Waals surface area contributed by atoms with Crippen LogP contribution in [0.4, 0.5) is 0 Å². The zero-order valence-corrected chi connectivity index (χ0v) is 17.9. The van der Waals surface area contributed by atoms with E-state index in [-0.39, 0.29) is 0 Å². The van der Waals surface area contributed by atoms with E-state index < -0.39 is 0 Å². The van der Waals surface area contributed by atoms with E-state index in [2.05, 4.69) is 62.6 Å². The molecule has 1 aliphatic carbocycles. The molecular formula is C23H36N6. The summed E-state index contributed by atoms with van der Waals surface area (Å²) in [5.74, 6) is 1.05. The van der Waals surface area contributed by atoms with E-state index in [9.17, 15) is 0 Å². The Labute approximate surface area is 175 Å². The van der Waals surface area contributed by atoms with Gasteiger partial charge in [-0.2, -0.15) is 0 Å². The molecule has 6 heteroatoms. The van der Waals surface area contributed by atoms with Gasteiger partial charge >= 0.3 is 0 Å². The van der Waals surface area contributed by atoms with Crippen LogP contribution in [0.2, 0.25) is 0 Å². The summed E-state index contributed by atoms with van der Waals surface area (Å²) in [4.78, 5) is 5.38. The van der Waals surface area contributed by atoms with E-state index in [1.807, 2.05) is 4.68 Å². The van der Waals surface area contributed by atoms with Gasteiger partial charge in [-0.05, 0) is 41.7 Å². The highest BCUT2D eigenvalue weighted by Gasteiger charge is 2.31. The molecule has 1 aromatic heterocycles. The Morgan fingerprint density at radius 3 is 2.48 bits per heavy atom. The maximum atomic E-state index is 4.48. The number of tetrazole rings is 1. The highest BCUT2D eigenvalue weighted by atomic mass is 15.6. The predicted molar refractivity (Wildman–Crippen MR) is 116 cm³/mol. The molecule has 29 heavy (non-hydrogen) atoms. The molecule has 2 aliphatic rings. The molecule has 2 heterocycles. The van der Waals surface area contributed by atoms with Crippen LogP contribution in [-0.4, -0.2) is 62.2 Å². The van der Waals surface area contributed by atoms with Gasteiger partial charge in [0, 0.05) is 38.8 Å². The Balaban J connectivity index is 1.38. The van der Waals surface area contributed by atoms with Crippen molar-refractivity contribution in [2.75, 3.05) is 26.2 Å². The first kappa shape index (κ1) is 20.5. The Morgan fingerprint density at radius 1 is 1.00 bits per heavy atom. The standard InChI is InChI=1S/C23H36N6/c1-2-9-22(28-18-16-27(17-19-28)21-12-7-4-8-13-21)23-24-25-26-29(23)15-14-20-10-5-3-6-11-20/h3,5-6,10-11,21-22H,2,4,7-9,12-19H2,1H3/t22-/m1/s1. The molecule has 1 aliphatic heterocycles. The molecule has 2 fully saturated rings. The van der Waals surface area contributed by atoms with Crippen molar-refractivity contribution in [3.05, 3.63) is 41.7 Å². The third-order valence-corrected chi connectivity index (χ3v) is 6.76. The van der Waals surface area contributed by atoms with Crippen LogP contribution in [-0.2, 0) is 13.0 Å². The first-order chi connectivity index (χ1) is 14.3. The van der Waals surface area contributed by atoms with E-state index in [0.717, 1.165) is 50.8 Å². The van der Waals surface area contributed by atoms with Crippen LogP contribution in [0, 0.1) is 0 Å². The fraction of sp³-hybridized carbons (Fsp3) is 0.696. The van der Waals surface area contributed by atoms with E-state index in [1.54, 1.807) is 0 Å². The van der Waals surface area contributed by atoms with Crippen LogP contribution in [0.15, 0.2) is 30.3 Å². The molecule has 1 atom stereocenters. The van der Waals surface area contributed by atoms with Gasteiger partial charge in [0.15, 0.2) is 5.82 Å². The van der Waals surface area contributed by atoms with Gasteiger partial charge in [-0.25, -0.2) is 4.68 Å². The maximum absolute atomic E-state index is 4.48. The van der Waals surface area contributed by atoms with Crippen LogP contribution >= 0.6 is 0 Å². The average molecular weight is 397 g/mol. The second kappa shape index (κ2) is 10.3. The van der Waals surface area contributed by atoms with E-state index in [0.29, 0.717) is 6.04 Å². The molecule has 0 N–H and O–H groups in total. The summed E-state index contributed by atoms with van der Waals surface area (Å²) in [6.07, 6.45) is 10.3. The Bertz CT molecular complexity index is 716. The minimum atomic E-state index is 0.333. The van der Waals surface area contributed by atoms with Crippen molar-refractivity contribution in [1.82, 2.24) is 30.0 Å². The summed E-state index contributed by atoms with van der Waals surface area (Å²) < 4.78 is 2.04. The summed E-state index contributed by atoms with van der Waals surface area (Å²) in [5, 5.41) is 12.9. The smallest absolute Gasteiger partial charge is 0.168 e. The molecule has 1 saturated heterocycles. The molecular weight excluding hydrogens is 360 g/mol. The van der Waals surface area contributed by atoms with E-state index in [1.165, 1.54) is 50.8 Å². The van der Waals surface area contributed by atoms with Crippen LogP contribution in [0.3, 0.4) is 0 Å². The molecule has 0 bridgehead atoms. The van der Waals surface area contributed by atoms with Gasteiger partial charge in [0.1, 0.15) is 0 Å². The van der Waals surface area contributed by atoms with Crippen molar-refractivity contribution in [1.29, 1.82) is 0 Å². The third-order valence-electron chi connectivity index (χ3n) is 6.76. The first-order valence-corrected chi connectivity index (χ1v) is 11.6. The van der Waals surface area contributed by atoms with Crippen molar-refractivity contribution in [2.24, 2.45) is 0 Å². The Morgan fingerprint density at radius 2 is 1.76 bits per heavy atom. The maximum Gasteiger partial charge on any atom is 0.168 e. The largest absolute Gasteiger partial charge is 0.298 e. The summed E-state index contributed by atoms with van der Waals surface area (Å²) in [5.41, 5.74) is 1.34. The number of hydrogen-bond acceptors (Lipinski definition) is 5. The highest BCUT2D eigenvalue weighted by molar-refractivity contribution is 5.14. The minimum absolute atomic E-state index is 0.333. The third kappa shape index (κ3) is 5.23. The SMILES string of the molecule is CCC[C@H](c1nnnn1CCc1ccccc1)N1CCN(C2CCCCC2)CC1. The van der Waals surface area contributed by atoms with Gasteiger partial charge in [0.25, 0.3) is 0 Å². The molecule has 6 nitrogen and oxygen atoms in total. The Kier molecular flexibility index (Phi) is 7.28. The molecule has 0 spiro atoms. The molecule has 158 valence electrons. The molecule has 2 aromatic rings. The van der Waals surface area contributed by atoms with Gasteiger partial charge in [0.05, 0.1) is 6.04 Å². The van der Waals surface area contributed by atoms with Gasteiger partial charge in [-0.15, -0.1) is 5.10 Å². The number of rotatable bonds is 8. The summed E-state index contributed by atoms with van der Waals surface area (Å²) in [6.45, 7) is 7.75. The van der Waals surface area contributed by atoms with Gasteiger partial charge < -0.3 is 0 Å². The molecule has 4 rings (SSSR count). The Hall–Kier alpha value is -1.79. The van der Waals surface area contributed by atoms with E-state index in [4.69, 9.17) is 0 Å². The van der Waals surface area contributed by atoms with Crippen molar-refractivity contribution < 1.29 is 0 Å². The lowest BCUT2D eigenvalue weighted by molar-refractivity contribution is 0.0500. The summed E-state index contributed by atoms with van der Waals surface area (Å²) in [6, 6.07) is 11.8. The number of piperazine rings is 1. The molecule has 1 aromatic carbocycles. The van der Waals surface area contributed by atoms with Crippen LogP contribution in [0.25, 0.3) is 0 Å². The second-order valence-corrected chi connectivity index (χ2v) is 8.66. The number of nitrogens with zero attached hydrogens (tertiary/aromatic N) is 6. The zero-order chi connectivity index (χ0) is 19.9. The number of benzene rings is 1. The second-order valence-electron chi connectivity index (χ2n) is 8.66. The lowest BCUT2D eigenvalue weighted by Crippen LogP contribution is -2.51. The number of hydrogen-bond donors (Lipinski definition) is 0. The van der Waals surface area contributed by atoms with Crippen molar-refractivity contribution in [2.45, 2.75) is 76.9 Å². The number of aromatic nitrogens is 4.